The fourth-order valence-corrected chi connectivity index (χ4v) is 2.20. The van der Waals surface area contributed by atoms with Gasteiger partial charge in [-0.2, -0.15) is 9.78 Å². The highest BCUT2D eigenvalue weighted by Crippen LogP contribution is 2.23. The zero-order valence-corrected chi connectivity index (χ0v) is 11.8. The van der Waals surface area contributed by atoms with Crippen LogP contribution in [0.15, 0.2) is 28.0 Å². The van der Waals surface area contributed by atoms with E-state index in [-0.39, 0.29) is 11.4 Å². The fraction of sp³-hybridized carbons (Fsp3) is 0.167. The second-order valence-corrected chi connectivity index (χ2v) is 5.15. The van der Waals surface area contributed by atoms with Gasteiger partial charge in [0.05, 0.1) is 11.1 Å². The molecule has 1 heterocycles. The molecule has 0 unspecified atom stereocenters. The molecule has 100 valence electrons. The number of aryl methyl sites for hydroxylation is 1. The first-order chi connectivity index (χ1) is 8.95. The molecule has 1 aromatic heterocycles. The summed E-state index contributed by atoms with van der Waals surface area (Å²) in [4.78, 5) is 12.6. The number of benzene rings is 1. The minimum atomic E-state index is -0.624. The largest absolute Gasteiger partial charge is 0.393 e. The van der Waals surface area contributed by atoms with Crippen LogP contribution < -0.4 is 11.3 Å². The highest BCUT2D eigenvalue weighted by atomic mass is 35.5. The lowest BCUT2D eigenvalue weighted by molar-refractivity contribution is 0.604. The van der Waals surface area contributed by atoms with Crippen LogP contribution >= 0.6 is 23.4 Å². The summed E-state index contributed by atoms with van der Waals surface area (Å²) in [5.41, 5.74) is 5.89. The lowest BCUT2D eigenvalue weighted by Gasteiger charge is -2.10. The summed E-state index contributed by atoms with van der Waals surface area (Å²) < 4.78 is 14.8. The molecule has 0 aliphatic heterocycles. The van der Waals surface area contributed by atoms with Crippen LogP contribution in [0.3, 0.4) is 0 Å². The molecule has 0 aliphatic carbocycles. The highest BCUT2D eigenvalue weighted by molar-refractivity contribution is 7.98. The smallest absolute Gasteiger partial charge is 0.295 e. The summed E-state index contributed by atoms with van der Waals surface area (Å²) in [6, 6.07) is 2.61. The van der Waals surface area contributed by atoms with Crippen LogP contribution in [-0.2, 0) is 0 Å². The van der Waals surface area contributed by atoms with Gasteiger partial charge in [0, 0.05) is 5.02 Å². The number of nitrogen functional groups attached to an aromatic ring is 1. The van der Waals surface area contributed by atoms with Gasteiger partial charge >= 0.3 is 0 Å². The van der Waals surface area contributed by atoms with Crippen molar-refractivity contribution in [3.05, 3.63) is 45.1 Å². The summed E-state index contributed by atoms with van der Waals surface area (Å²) in [6.07, 6.45) is 3.22. The van der Waals surface area contributed by atoms with Crippen molar-refractivity contribution in [3.63, 3.8) is 0 Å². The van der Waals surface area contributed by atoms with E-state index in [0.29, 0.717) is 15.5 Å². The van der Waals surface area contributed by atoms with E-state index in [4.69, 9.17) is 17.3 Å². The topological polar surface area (TPSA) is 60.9 Å². The third kappa shape index (κ3) is 2.46. The van der Waals surface area contributed by atoms with Gasteiger partial charge in [-0.15, -0.1) is 11.8 Å². The fourth-order valence-electron chi connectivity index (χ4n) is 1.59. The number of rotatable bonds is 2. The minimum Gasteiger partial charge on any atom is -0.393 e. The number of hydrogen-bond donors (Lipinski definition) is 1. The molecule has 0 amide bonds. The van der Waals surface area contributed by atoms with Crippen LogP contribution in [-0.4, -0.2) is 16.0 Å². The van der Waals surface area contributed by atoms with Gasteiger partial charge in [0.15, 0.2) is 5.82 Å². The average molecular weight is 300 g/mol. The predicted octanol–water partition coefficient (Wildman–Crippen LogP) is 2.64. The summed E-state index contributed by atoms with van der Waals surface area (Å²) in [5.74, 6) is -0.624. The molecule has 2 aromatic rings. The van der Waals surface area contributed by atoms with Crippen molar-refractivity contribution in [2.75, 3.05) is 12.0 Å². The molecule has 0 fully saturated rings. The Kier molecular flexibility index (Phi) is 3.82. The molecule has 0 aliphatic rings. The SMILES string of the molecule is CSc1cnn(-c2cc(C)c(Cl)cc2F)c(=O)c1N. The zero-order valence-electron chi connectivity index (χ0n) is 10.3. The number of nitrogens with zero attached hydrogens (tertiary/aromatic N) is 2. The van der Waals surface area contributed by atoms with E-state index < -0.39 is 11.4 Å². The Morgan fingerprint density at radius 3 is 2.79 bits per heavy atom. The summed E-state index contributed by atoms with van der Waals surface area (Å²) in [7, 11) is 0. The quantitative estimate of drug-likeness (QED) is 0.866. The van der Waals surface area contributed by atoms with Gasteiger partial charge in [-0.25, -0.2) is 4.39 Å². The van der Waals surface area contributed by atoms with E-state index in [1.165, 1.54) is 24.0 Å². The monoisotopic (exact) mass is 299 g/mol. The molecule has 0 saturated heterocycles. The van der Waals surface area contributed by atoms with Gasteiger partial charge in [-0.05, 0) is 30.9 Å². The number of halogens is 2. The molecule has 0 bridgehead atoms. The van der Waals surface area contributed by atoms with Crippen molar-refractivity contribution in [1.82, 2.24) is 9.78 Å². The highest BCUT2D eigenvalue weighted by Gasteiger charge is 2.14. The van der Waals surface area contributed by atoms with Crippen molar-refractivity contribution in [2.45, 2.75) is 11.8 Å². The van der Waals surface area contributed by atoms with Gasteiger partial charge in [0.2, 0.25) is 0 Å². The maximum Gasteiger partial charge on any atom is 0.295 e. The molecular formula is C12H11ClFN3OS. The van der Waals surface area contributed by atoms with Gasteiger partial charge in [0.25, 0.3) is 5.56 Å². The second kappa shape index (κ2) is 5.22. The Hall–Kier alpha value is -1.53. The van der Waals surface area contributed by atoms with Crippen molar-refractivity contribution in [1.29, 1.82) is 0 Å². The van der Waals surface area contributed by atoms with Gasteiger partial charge in [-0.3, -0.25) is 4.79 Å². The normalized spacial score (nSPS) is 10.7. The Bertz CT molecular complexity index is 702. The number of anilines is 1. The molecule has 2 rings (SSSR count). The van der Waals surface area contributed by atoms with Crippen molar-refractivity contribution in [3.8, 4) is 5.69 Å². The maximum absolute atomic E-state index is 13.9. The minimum absolute atomic E-state index is 0.0336. The second-order valence-electron chi connectivity index (χ2n) is 3.90. The lowest BCUT2D eigenvalue weighted by Crippen LogP contribution is -2.25. The van der Waals surface area contributed by atoms with Gasteiger partial charge in [-0.1, -0.05) is 11.6 Å². The summed E-state index contributed by atoms with van der Waals surface area (Å²) in [6.45, 7) is 1.72. The van der Waals surface area contributed by atoms with Gasteiger partial charge in [0.1, 0.15) is 11.4 Å². The third-order valence-corrected chi connectivity index (χ3v) is 3.83. The summed E-state index contributed by atoms with van der Waals surface area (Å²) in [5, 5.41) is 4.23. The van der Waals surface area contributed by atoms with E-state index in [1.807, 2.05) is 0 Å². The molecule has 1 aromatic carbocycles. The zero-order chi connectivity index (χ0) is 14.2. The molecule has 2 N–H and O–H groups in total. The van der Waals surface area contributed by atoms with Crippen LogP contribution in [0.25, 0.3) is 5.69 Å². The summed E-state index contributed by atoms with van der Waals surface area (Å²) >= 11 is 7.12. The van der Waals surface area contributed by atoms with E-state index in [1.54, 1.807) is 13.2 Å². The van der Waals surface area contributed by atoms with E-state index >= 15 is 0 Å². The molecule has 4 nitrogen and oxygen atoms in total. The van der Waals surface area contributed by atoms with E-state index in [9.17, 15) is 9.18 Å². The van der Waals surface area contributed by atoms with Crippen molar-refractivity contribution in [2.24, 2.45) is 0 Å². The Morgan fingerprint density at radius 1 is 1.47 bits per heavy atom. The Balaban J connectivity index is 2.70. The molecular weight excluding hydrogens is 289 g/mol. The first-order valence-electron chi connectivity index (χ1n) is 5.33. The Labute approximate surface area is 118 Å². The Morgan fingerprint density at radius 2 is 2.16 bits per heavy atom. The lowest BCUT2D eigenvalue weighted by atomic mass is 10.2. The third-order valence-electron chi connectivity index (χ3n) is 2.65. The number of hydrogen-bond acceptors (Lipinski definition) is 4. The molecule has 0 radical (unpaired) electrons. The van der Waals surface area contributed by atoms with Crippen LogP contribution in [0.2, 0.25) is 5.02 Å². The predicted molar refractivity (Wildman–Crippen MR) is 75.7 cm³/mol. The van der Waals surface area contributed by atoms with Crippen LogP contribution in [0.5, 0.6) is 0 Å². The molecule has 19 heavy (non-hydrogen) atoms. The standard InChI is InChI=1S/C12H11ClFN3OS/c1-6-3-9(8(14)4-7(6)13)17-12(18)11(15)10(19-2)5-16-17/h3-5H,15H2,1-2H3. The first-order valence-corrected chi connectivity index (χ1v) is 6.93. The first kappa shape index (κ1) is 13.9. The number of nitrogens with two attached hydrogens (primary N) is 1. The van der Waals surface area contributed by atoms with Crippen LogP contribution in [0, 0.1) is 12.7 Å². The van der Waals surface area contributed by atoms with Crippen LogP contribution in [0.1, 0.15) is 5.56 Å². The number of thioether (sulfide) groups is 1. The average Bonchev–Trinajstić information content (AvgIpc) is 2.37. The molecule has 7 heteroatoms. The van der Waals surface area contributed by atoms with Crippen molar-refractivity contribution < 1.29 is 4.39 Å². The molecule has 0 spiro atoms. The van der Waals surface area contributed by atoms with Gasteiger partial charge < -0.3 is 5.73 Å². The molecule has 0 atom stereocenters. The van der Waals surface area contributed by atoms with E-state index in [2.05, 4.69) is 5.10 Å². The maximum atomic E-state index is 13.9. The van der Waals surface area contributed by atoms with E-state index in [0.717, 1.165) is 10.7 Å². The molecule has 0 saturated carbocycles. The number of aromatic nitrogens is 2. The van der Waals surface area contributed by atoms with Crippen molar-refractivity contribution >= 4 is 29.1 Å². The van der Waals surface area contributed by atoms with Crippen LogP contribution in [0.4, 0.5) is 10.1 Å².